The Labute approximate surface area is 201 Å². The number of halogens is 4. The van der Waals surface area contributed by atoms with Crippen molar-refractivity contribution in [1.29, 1.82) is 0 Å². The Balaban J connectivity index is 1.93. The van der Waals surface area contributed by atoms with Crippen molar-refractivity contribution in [3.63, 3.8) is 0 Å². The Hall–Kier alpha value is -3.04. The summed E-state index contributed by atoms with van der Waals surface area (Å²) in [5, 5.41) is 2.42. The number of carbonyl (C=O) groups excluding carboxylic acids is 1. The van der Waals surface area contributed by atoms with Crippen molar-refractivity contribution in [2.75, 3.05) is 17.4 Å². The van der Waals surface area contributed by atoms with Crippen LogP contribution in [0.1, 0.15) is 24.0 Å². The number of sulfonamides is 1. The number of anilines is 1. The summed E-state index contributed by atoms with van der Waals surface area (Å²) in [6, 6.07) is 18.8. The Morgan fingerprint density at radius 1 is 1.00 bits per heavy atom. The second kappa shape index (κ2) is 10.5. The largest absolute Gasteiger partial charge is 0.416 e. The second-order valence-corrected chi connectivity index (χ2v) is 9.87. The first kappa shape index (κ1) is 25.6. The number of nitrogens with one attached hydrogen (secondary N) is 1. The van der Waals surface area contributed by atoms with E-state index in [9.17, 15) is 26.4 Å². The van der Waals surface area contributed by atoms with Crippen LogP contribution in [0.2, 0.25) is 5.02 Å². The molecule has 0 aliphatic carbocycles. The molecule has 3 rings (SSSR count). The lowest BCUT2D eigenvalue weighted by Gasteiger charge is -2.26. The molecule has 0 saturated carbocycles. The SMILES string of the molecule is C[C@@H](CNC(=O)CN(c1cc(C(F)(F)F)ccc1Cl)S(=O)(=O)c1ccccc1)c1ccccc1. The van der Waals surface area contributed by atoms with Crippen LogP contribution in [-0.2, 0) is 21.0 Å². The lowest BCUT2D eigenvalue weighted by Crippen LogP contribution is -2.42. The van der Waals surface area contributed by atoms with Crippen molar-refractivity contribution in [2.24, 2.45) is 0 Å². The molecule has 0 radical (unpaired) electrons. The van der Waals surface area contributed by atoms with Crippen LogP contribution in [0.15, 0.2) is 83.8 Å². The third-order valence-electron chi connectivity index (χ3n) is 5.13. The lowest BCUT2D eigenvalue weighted by molar-refractivity contribution is -0.137. The molecule has 0 aliphatic rings. The van der Waals surface area contributed by atoms with Crippen LogP contribution >= 0.6 is 11.6 Å². The Morgan fingerprint density at radius 3 is 2.18 bits per heavy atom. The first-order chi connectivity index (χ1) is 16.0. The van der Waals surface area contributed by atoms with E-state index in [2.05, 4.69) is 5.32 Å². The van der Waals surface area contributed by atoms with Gasteiger partial charge in [-0.3, -0.25) is 9.10 Å². The van der Waals surface area contributed by atoms with E-state index >= 15 is 0 Å². The maximum atomic E-state index is 13.3. The number of carbonyl (C=O) groups is 1. The summed E-state index contributed by atoms with van der Waals surface area (Å²) in [7, 11) is -4.40. The number of nitrogens with zero attached hydrogens (tertiary/aromatic N) is 1. The van der Waals surface area contributed by atoms with Gasteiger partial charge in [0.2, 0.25) is 5.91 Å². The summed E-state index contributed by atoms with van der Waals surface area (Å²) >= 11 is 6.12. The predicted molar refractivity (Wildman–Crippen MR) is 125 cm³/mol. The van der Waals surface area contributed by atoms with Gasteiger partial charge in [0, 0.05) is 6.54 Å². The first-order valence-corrected chi connectivity index (χ1v) is 12.1. The van der Waals surface area contributed by atoms with Gasteiger partial charge in [0.1, 0.15) is 6.54 Å². The molecule has 5 nitrogen and oxygen atoms in total. The van der Waals surface area contributed by atoms with Gasteiger partial charge in [0.25, 0.3) is 10.0 Å². The fraction of sp³-hybridized carbons (Fsp3) is 0.208. The third-order valence-corrected chi connectivity index (χ3v) is 7.23. The zero-order chi connectivity index (χ0) is 24.9. The molecule has 1 atom stereocenters. The molecule has 0 aliphatic heterocycles. The van der Waals surface area contributed by atoms with E-state index in [1.54, 1.807) is 6.07 Å². The van der Waals surface area contributed by atoms with Gasteiger partial charge in [-0.25, -0.2) is 8.42 Å². The van der Waals surface area contributed by atoms with Crippen molar-refractivity contribution < 1.29 is 26.4 Å². The van der Waals surface area contributed by atoms with E-state index in [0.717, 1.165) is 17.7 Å². The molecule has 180 valence electrons. The minimum absolute atomic E-state index is 0.0681. The minimum Gasteiger partial charge on any atom is -0.354 e. The minimum atomic E-state index is -4.73. The number of hydrogen-bond donors (Lipinski definition) is 1. The summed E-state index contributed by atoms with van der Waals surface area (Å²) in [5.41, 5.74) is -0.553. The molecular formula is C24H22ClF3N2O3S. The molecule has 0 unspecified atom stereocenters. The molecule has 1 N–H and O–H groups in total. The number of amides is 1. The van der Waals surface area contributed by atoms with Crippen LogP contribution < -0.4 is 9.62 Å². The highest BCUT2D eigenvalue weighted by molar-refractivity contribution is 7.92. The van der Waals surface area contributed by atoms with Crippen molar-refractivity contribution >= 4 is 33.2 Å². The van der Waals surface area contributed by atoms with Gasteiger partial charge >= 0.3 is 6.18 Å². The van der Waals surface area contributed by atoms with Gasteiger partial charge in [-0.2, -0.15) is 13.2 Å². The number of benzene rings is 3. The molecule has 1 amide bonds. The predicted octanol–water partition coefficient (Wildman–Crippen LogP) is 5.47. The monoisotopic (exact) mass is 510 g/mol. The normalized spacial score (nSPS) is 12.7. The Kier molecular flexibility index (Phi) is 7.89. The summed E-state index contributed by atoms with van der Waals surface area (Å²) in [6.45, 7) is 1.34. The summed E-state index contributed by atoms with van der Waals surface area (Å²) in [4.78, 5) is 12.6. The molecule has 10 heteroatoms. The summed E-state index contributed by atoms with van der Waals surface area (Å²) < 4.78 is 67.3. The number of alkyl halides is 3. The zero-order valence-corrected chi connectivity index (χ0v) is 19.7. The zero-order valence-electron chi connectivity index (χ0n) is 18.1. The highest BCUT2D eigenvalue weighted by Gasteiger charge is 2.34. The van der Waals surface area contributed by atoms with Gasteiger partial charge in [-0.05, 0) is 41.8 Å². The Bertz CT molecular complexity index is 1240. The average molecular weight is 511 g/mol. The standard InChI is InChI=1S/C24H22ClF3N2O3S/c1-17(18-8-4-2-5-9-18)15-29-23(31)16-30(34(32,33)20-10-6-3-7-11-20)22-14-19(24(26,27)28)12-13-21(22)25/h2-14,17H,15-16H2,1H3,(H,29,31)/t17-/m0/s1. The van der Waals surface area contributed by atoms with Gasteiger partial charge in [0.05, 0.1) is 21.2 Å². The maximum Gasteiger partial charge on any atom is 0.416 e. The summed E-state index contributed by atoms with van der Waals surface area (Å²) in [6.07, 6.45) is -4.73. The topological polar surface area (TPSA) is 66.5 Å². The van der Waals surface area contributed by atoms with E-state index in [1.807, 2.05) is 37.3 Å². The average Bonchev–Trinajstić information content (AvgIpc) is 2.82. The quantitative estimate of drug-likeness (QED) is 0.437. The van der Waals surface area contributed by atoms with E-state index in [4.69, 9.17) is 11.6 Å². The molecule has 0 fully saturated rings. The lowest BCUT2D eigenvalue weighted by atomic mass is 10.0. The fourth-order valence-corrected chi connectivity index (χ4v) is 4.97. The van der Waals surface area contributed by atoms with Crippen molar-refractivity contribution in [2.45, 2.75) is 23.9 Å². The van der Waals surface area contributed by atoms with Gasteiger partial charge in [-0.1, -0.05) is 67.1 Å². The molecule has 3 aromatic carbocycles. The number of hydrogen-bond acceptors (Lipinski definition) is 3. The molecular weight excluding hydrogens is 489 g/mol. The van der Waals surface area contributed by atoms with Crippen LogP contribution in [0, 0.1) is 0 Å². The maximum absolute atomic E-state index is 13.3. The molecule has 0 heterocycles. The van der Waals surface area contributed by atoms with Crippen molar-refractivity contribution in [1.82, 2.24) is 5.32 Å². The molecule has 0 spiro atoms. The number of rotatable bonds is 8. The molecule has 0 aromatic heterocycles. The van der Waals surface area contributed by atoms with Crippen LogP contribution in [0.3, 0.4) is 0 Å². The van der Waals surface area contributed by atoms with Crippen LogP contribution in [0.5, 0.6) is 0 Å². The van der Waals surface area contributed by atoms with Crippen LogP contribution in [0.25, 0.3) is 0 Å². The first-order valence-electron chi connectivity index (χ1n) is 10.3. The van der Waals surface area contributed by atoms with Gasteiger partial charge in [-0.15, -0.1) is 0 Å². The van der Waals surface area contributed by atoms with E-state index in [0.29, 0.717) is 10.4 Å². The van der Waals surface area contributed by atoms with Gasteiger partial charge < -0.3 is 5.32 Å². The summed E-state index contributed by atoms with van der Waals surface area (Å²) in [5.74, 6) is -0.753. The van der Waals surface area contributed by atoms with E-state index in [1.165, 1.54) is 24.3 Å². The molecule has 0 bridgehead atoms. The Morgan fingerprint density at radius 2 is 1.59 bits per heavy atom. The van der Waals surface area contributed by atoms with Gasteiger partial charge in [0.15, 0.2) is 0 Å². The van der Waals surface area contributed by atoms with Crippen molar-refractivity contribution in [3.05, 3.63) is 95.0 Å². The van der Waals surface area contributed by atoms with Crippen LogP contribution in [-0.4, -0.2) is 27.4 Å². The van der Waals surface area contributed by atoms with E-state index < -0.39 is 39.9 Å². The molecule has 0 saturated heterocycles. The second-order valence-electron chi connectivity index (χ2n) is 7.60. The molecule has 34 heavy (non-hydrogen) atoms. The van der Waals surface area contributed by atoms with E-state index in [-0.39, 0.29) is 22.4 Å². The fourth-order valence-electron chi connectivity index (χ4n) is 3.25. The van der Waals surface area contributed by atoms with Crippen molar-refractivity contribution in [3.8, 4) is 0 Å². The highest BCUT2D eigenvalue weighted by Crippen LogP contribution is 2.37. The highest BCUT2D eigenvalue weighted by atomic mass is 35.5. The molecule has 3 aromatic rings. The smallest absolute Gasteiger partial charge is 0.354 e. The van der Waals surface area contributed by atoms with Crippen LogP contribution in [0.4, 0.5) is 18.9 Å². The third kappa shape index (κ3) is 6.09.